The summed E-state index contributed by atoms with van der Waals surface area (Å²) in [6, 6.07) is 26.1. The molecule has 220 valence electrons. The van der Waals surface area contributed by atoms with E-state index in [4.69, 9.17) is 21.1 Å². The molecule has 0 heterocycles. The van der Waals surface area contributed by atoms with Crippen molar-refractivity contribution in [2.24, 2.45) is 0 Å². The minimum Gasteiger partial charge on any atom is -0.497 e. The summed E-state index contributed by atoms with van der Waals surface area (Å²) >= 11 is 7.40. The number of methoxy groups -OCH3 is 2. The Labute approximate surface area is 259 Å². The van der Waals surface area contributed by atoms with E-state index in [1.165, 1.54) is 32.1 Å². The van der Waals surface area contributed by atoms with Gasteiger partial charge in [0.05, 0.1) is 20.0 Å². The molecular formula is C33H30ClN3O5S. The monoisotopic (exact) mass is 615 g/mol. The van der Waals surface area contributed by atoms with E-state index in [0.717, 1.165) is 10.5 Å². The maximum atomic E-state index is 13.4. The van der Waals surface area contributed by atoms with Gasteiger partial charge in [0.2, 0.25) is 5.91 Å². The van der Waals surface area contributed by atoms with E-state index in [1.54, 1.807) is 84.9 Å². The molecule has 10 heteroatoms. The summed E-state index contributed by atoms with van der Waals surface area (Å²) in [5, 5.41) is 8.97. The highest BCUT2D eigenvalue weighted by Crippen LogP contribution is 2.27. The number of ether oxygens (including phenoxy) is 2. The number of anilines is 2. The van der Waals surface area contributed by atoms with E-state index in [0.29, 0.717) is 39.0 Å². The Morgan fingerprint density at radius 2 is 1.60 bits per heavy atom. The number of rotatable bonds is 11. The molecule has 0 aromatic heterocycles. The predicted octanol–water partition coefficient (Wildman–Crippen LogP) is 6.81. The van der Waals surface area contributed by atoms with Crippen LogP contribution in [0, 0.1) is 6.92 Å². The van der Waals surface area contributed by atoms with Gasteiger partial charge in [-0.15, -0.1) is 11.8 Å². The lowest BCUT2D eigenvalue weighted by Crippen LogP contribution is -2.30. The Balaban J connectivity index is 1.47. The third-order valence-corrected chi connectivity index (χ3v) is 7.47. The Hall–Kier alpha value is -4.73. The number of nitrogens with one attached hydrogen (secondary N) is 3. The lowest BCUT2D eigenvalue weighted by atomic mass is 10.1. The second-order valence-corrected chi connectivity index (χ2v) is 10.7. The molecule has 3 amide bonds. The van der Waals surface area contributed by atoms with Gasteiger partial charge < -0.3 is 25.4 Å². The van der Waals surface area contributed by atoms with E-state index in [1.807, 2.05) is 13.0 Å². The molecule has 0 aliphatic carbocycles. The molecule has 4 aromatic carbocycles. The number of carbonyl (C=O) groups excluding carboxylic acids is 3. The van der Waals surface area contributed by atoms with Gasteiger partial charge in [-0.3, -0.25) is 14.4 Å². The van der Waals surface area contributed by atoms with Crippen LogP contribution >= 0.6 is 23.4 Å². The molecule has 0 aliphatic rings. The van der Waals surface area contributed by atoms with Crippen molar-refractivity contribution in [2.75, 3.05) is 30.6 Å². The first-order chi connectivity index (χ1) is 20.7. The van der Waals surface area contributed by atoms with Gasteiger partial charge in [-0.25, -0.2) is 0 Å². The Morgan fingerprint density at radius 1 is 0.860 bits per heavy atom. The summed E-state index contributed by atoms with van der Waals surface area (Å²) in [7, 11) is 3.05. The topological polar surface area (TPSA) is 106 Å². The van der Waals surface area contributed by atoms with E-state index >= 15 is 0 Å². The smallest absolute Gasteiger partial charge is 0.272 e. The number of hydrogen-bond donors (Lipinski definition) is 3. The van der Waals surface area contributed by atoms with Crippen LogP contribution in [0.15, 0.2) is 102 Å². The SMILES string of the molecule is COc1ccc(OC)c(/C=C(\NC(=O)c2ccccc2)C(=O)Nc2ccc(SCC(=O)Nc3cc(Cl)ccc3C)cc2)c1. The number of thioether (sulfide) groups is 1. The van der Waals surface area contributed by atoms with Crippen LogP contribution in [0.2, 0.25) is 5.02 Å². The summed E-state index contributed by atoms with van der Waals surface area (Å²) in [4.78, 5) is 39.7. The highest BCUT2D eigenvalue weighted by atomic mass is 35.5. The normalized spacial score (nSPS) is 10.9. The predicted molar refractivity (Wildman–Crippen MR) is 172 cm³/mol. The van der Waals surface area contributed by atoms with E-state index in [2.05, 4.69) is 16.0 Å². The maximum Gasteiger partial charge on any atom is 0.272 e. The molecule has 0 saturated carbocycles. The van der Waals surface area contributed by atoms with Gasteiger partial charge in [0, 0.05) is 32.4 Å². The molecule has 0 unspecified atom stereocenters. The van der Waals surface area contributed by atoms with Gasteiger partial charge in [0.25, 0.3) is 11.8 Å². The van der Waals surface area contributed by atoms with Crippen molar-refractivity contribution in [3.8, 4) is 11.5 Å². The molecule has 0 atom stereocenters. The fourth-order valence-electron chi connectivity index (χ4n) is 3.95. The fraction of sp³-hybridized carbons (Fsp3) is 0.121. The van der Waals surface area contributed by atoms with Crippen LogP contribution in [0.4, 0.5) is 11.4 Å². The van der Waals surface area contributed by atoms with Gasteiger partial charge >= 0.3 is 0 Å². The molecule has 0 radical (unpaired) electrons. The van der Waals surface area contributed by atoms with Gasteiger partial charge in [0.15, 0.2) is 0 Å². The molecule has 0 bridgehead atoms. The number of aryl methyl sites for hydroxylation is 1. The van der Waals surface area contributed by atoms with Crippen molar-refractivity contribution in [2.45, 2.75) is 11.8 Å². The highest BCUT2D eigenvalue weighted by Gasteiger charge is 2.17. The average molecular weight is 616 g/mol. The zero-order valence-corrected chi connectivity index (χ0v) is 25.3. The number of benzene rings is 4. The Bertz CT molecular complexity index is 1640. The van der Waals surface area contributed by atoms with Crippen LogP contribution in [0.1, 0.15) is 21.5 Å². The minimum absolute atomic E-state index is 0.00633. The molecule has 4 aromatic rings. The highest BCUT2D eigenvalue weighted by molar-refractivity contribution is 8.00. The molecule has 0 aliphatic heterocycles. The molecule has 0 spiro atoms. The van der Waals surface area contributed by atoms with Crippen molar-refractivity contribution in [1.82, 2.24) is 5.32 Å². The zero-order chi connectivity index (χ0) is 30.8. The Kier molecular flexibility index (Phi) is 10.9. The van der Waals surface area contributed by atoms with Crippen LogP contribution in [0.25, 0.3) is 6.08 Å². The first-order valence-corrected chi connectivity index (χ1v) is 14.5. The molecule has 3 N–H and O–H groups in total. The number of amides is 3. The van der Waals surface area contributed by atoms with Crippen LogP contribution in [0.5, 0.6) is 11.5 Å². The molecule has 4 rings (SSSR count). The summed E-state index contributed by atoms with van der Waals surface area (Å²) in [5.74, 6) is 0.109. The van der Waals surface area contributed by atoms with E-state index in [9.17, 15) is 14.4 Å². The molecule has 8 nitrogen and oxygen atoms in total. The van der Waals surface area contributed by atoms with E-state index < -0.39 is 11.8 Å². The van der Waals surface area contributed by atoms with Crippen molar-refractivity contribution in [3.05, 3.63) is 118 Å². The van der Waals surface area contributed by atoms with Crippen LogP contribution in [-0.4, -0.2) is 37.7 Å². The quantitative estimate of drug-likeness (QED) is 0.126. The number of hydrogen-bond acceptors (Lipinski definition) is 6. The third-order valence-electron chi connectivity index (χ3n) is 6.22. The number of carbonyl (C=O) groups is 3. The van der Waals surface area contributed by atoms with Gasteiger partial charge in [-0.1, -0.05) is 35.9 Å². The van der Waals surface area contributed by atoms with E-state index in [-0.39, 0.29) is 17.4 Å². The summed E-state index contributed by atoms with van der Waals surface area (Å²) in [6.07, 6.45) is 1.53. The van der Waals surface area contributed by atoms with Crippen LogP contribution in [-0.2, 0) is 9.59 Å². The van der Waals surface area contributed by atoms with Gasteiger partial charge in [-0.05, 0) is 85.3 Å². The average Bonchev–Trinajstić information content (AvgIpc) is 3.02. The first-order valence-electron chi connectivity index (χ1n) is 13.2. The molecule has 43 heavy (non-hydrogen) atoms. The van der Waals surface area contributed by atoms with Crippen molar-refractivity contribution in [1.29, 1.82) is 0 Å². The lowest BCUT2D eigenvalue weighted by Gasteiger charge is -2.13. The second-order valence-electron chi connectivity index (χ2n) is 9.26. The number of halogens is 1. The standard InChI is InChI=1S/C33H30ClN3O5S/c1-21-9-10-24(34)19-28(21)36-31(38)20-43-27-14-11-25(12-15-27)35-33(40)29(37-32(39)22-7-5-4-6-8-22)18-23-17-26(41-2)13-16-30(23)42-3/h4-19H,20H2,1-3H3,(H,35,40)(H,36,38)(H,37,39)/b29-18-. The fourth-order valence-corrected chi connectivity index (χ4v) is 4.82. The summed E-state index contributed by atoms with van der Waals surface area (Å²) in [5.41, 5.74) is 3.04. The lowest BCUT2D eigenvalue weighted by molar-refractivity contribution is -0.114. The van der Waals surface area contributed by atoms with Crippen LogP contribution in [0.3, 0.4) is 0 Å². The largest absolute Gasteiger partial charge is 0.497 e. The second kappa shape index (κ2) is 14.9. The van der Waals surface area contributed by atoms with Crippen molar-refractivity contribution in [3.63, 3.8) is 0 Å². The Morgan fingerprint density at radius 3 is 2.30 bits per heavy atom. The third kappa shape index (κ3) is 8.88. The van der Waals surface area contributed by atoms with Crippen LogP contribution < -0.4 is 25.4 Å². The minimum atomic E-state index is -0.536. The van der Waals surface area contributed by atoms with Gasteiger partial charge in [-0.2, -0.15) is 0 Å². The molecular weight excluding hydrogens is 586 g/mol. The molecule has 0 saturated heterocycles. The summed E-state index contributed by atoms with van der Waals surface area (Å²) in [6.45, 7) is 1.90. The first kappa shape index (κ1) is 31.2. The maximum absolute atomic E-state index is 13.4. The van der Waals surface area contributed by atoms with Gasteiger partial charge in [0.1, 0.15) is 17.2 Å². The zero-order valence-electron chi connectivity index (χ0n) is 23.8. The van der Waals surface area contributed by atoms with Crippen molar-refractivity contribution < 1.29 is 23.9 Å². The summed E-state index contributed by atoms with van der Waals surface area (Å²) < 4.78 is 10.8. The molecule has 0 fully saturated rings. The van der Waals surface area contributed by atoms with Crippen molar-refractivity contribution >= 4 is 58.5 Å².